The van der Waals surface area contributed by atoms with E-state index in [-0.39, 0.29) is 6.42 Å². The molecule has 0 spiro atoms. The average molecular weight is 371 g/mol. The molecule has 1 heterocycles. The maximum atomic E-state index is 12.5. The van der Waals surface area contributed by atoms with E-state index in [1.165, 1.54) is 0 Å². The van der Waals surface area contributed by atoms with E-state index in [2.05, 4.69) is 17.9 Å². The van der Waals surface area contributed by atoms with E-state index in [4.69, 9.17) is 9.47 Å². The van der Waals surface area contributed by atoms with Crippen molar-refractivity contribution in [3.05, 3.63) is 54.6 Å². The lowest BCUT2D eigenvalue weighted by Crippen LogP contribution is -2.54. The topological polar surface area (TPSA) is 64.6 Å². The van der Waals surface area contributed by atoms with Crippen molar-refractivity contribution in [2.45, 2.75) is 25.0 Å². The first kappa shape index (κ1) is 18.5. The van der Waals surface area contributed by atoms with Gasteiger partial charge in [-0.05, 0) is 36.2 Å². The zero-order valence-corrected chi connectivity index (χ0v) is 15.2. The zero-order chi connectivity index (χ0) is 18.4. The van der Waals surface area contributed by atoms with Gasteiger partial charge in [-0.25, -0.2) is 4.79 Å². The monoisotopic (exact) mass is 371 g/mol. The highest BCUT2D eigenvalue weighted by molar-refractivity contribution is 7.80. The molecule has 0 saturated carbocycles. The summed E-state index contributed by atoms with van der Waals surface area (Å²) < 4.78 is 10.9. The molecule has 26 heavy (non-hydrogen) atoms. The van der Waals surface area contributed by atoms with Crippen LogP contribution in [0.15, 0.2) is 54.6 Å². The number of hydrogen-bond acceptors (Lipinski definition) is 6. The summed E-state index contributed by atoms with van der Waals surface area (Å²) in [7, 11) is 0. The summed E-state index contributed by atoms with van der Waals surface area (Å²) in [5.41, 5.74) is 0.836. The first-order valence-electron chi connectivity index (χ1n) is 8.58. The Hall–Kier alpha value is -2.31. The molecule has 0 amide bonds. The van der Waals surface area contributed by atoms with Crippen LogP contribution in [0.5, 0.6) is 5.75 Å². The molecule has 0 aliphatic carbocycles. The van der Waals surface area contributed by atoms with Gasteiger partial charge in [0.05, 0.1) is 6.42 Å². The summed E-state index contributed by atoms with van der Waals surface area (Å²) >= 11 is 3.97. The third kappa shape index (κ3) is 4.26. The third-order valence-corrected chi connectivity index (χ3v) is 4.45. The van der Waals surface area contributed by atoms with Crippen LogP contribution in [0.4, 0.5) is 0 Å². The number of nitrogens with one attached hydrogen (secondary N) is 1. The highest BCUT2D eigenvalue weighted by Gasteiger charge is 2.46. The first-order chi connectivity index (χ1) is 12.6. The molecule has 1 aliphatic heterocycles. The third-order valence-electron chi connectivity index (χ3n) is 4.22. The number of carbonyl (C=O) groups is 2. The first-order valence-corrected chi connectivity index (χ1v) is 9.22. The Morgan fingerprint density at radius 1 is 1.04 bits per heavy atom. The molecule has 2 aromatic rings. The molecule has 0 aromatic heterocycles. The molecule has 2 aromatic carbocycles. The van der Waals surface area contributed by atoms with E-state index >= 15 is 0 Å². The Morgan fingerprint density at radius 3 is 2.35 bits per heavy atom. The smallest absolute Gasteiger partial charge is 0.373 e. The van der Waals surface area contributed by atoms with Crippen molar-refractivity contribution in [2.75, 3.05) is 12.3 Å². The molecule has 6 heteroatoms. The van der Waals surface area contributed by atoms with Gasteiger partial charge >= 0.3 is 11.9 Å². The van der Waals surface area contributed by atoms with Crippen molar-refractivity contribution in [3.63, 3.8) is 0 Å². The van der Waals surface area contributed by atoms with Gasteiger partial charge in [0, 0.05) is 12.2 Å². The predicted octanol–water partition coefficient (Wildman–Crippen LogP) is 3.20. The average Bonchev–Trinajstić information content (AvgIpc) is 3.13. The second-order valence-corrected chi connectivity index (χ2v) is 6.53. The fourth-order valence-electron chi connectivity index (χ4n) is 2.89. The Morgan fingerprint density at radius 2 is 1.73 bits per heavy atom. The number of rotatable bonds is 6. The molecule has 1 atom stereocenters. The summed E-state index contributed by atoms with van der Waals surface area (Å²) in [6.45, 7) is 0.623. The molecular weight excluding hydrogens is 350 g/mol. The minimum absolute atomic E-state index is 0.0801. The van der Waals surface area contributed by atoms with Crippen LogP contribution in [-0.4, -0.2) is 30.0 Å². The highest BCUT2D eigenvalue weighted by Crippen LogP contribution is 2.28. The van der Waals surface area contributed by atoms with Crippen molar-refractivity contribution >= 4 is 24.6 Å². The van der Waals surface area contributed by atoms with Gasteiger partial charge < -0.3 is 9.47 Å². The lowest BCUT2D eigenvalue weighted by molar-refractivity contribution is -0.173. The Kier molecular flexibility index (Phi) is 5.96. The minimum Gasteiger partial charge on any atom is -0.461 e. The maximum Gasteiger partial charge on any atom is 0.373 e. The summed E-state index contributed by atoms with van der Waals surface area (Å²) in [6.07, 6.45) is 1.29. The van der Waals surface area contributed by atoms with E-state index in [0.717, 1.165) is 17.5 Å². The molecule has 1 saturated heterocycles. The normalized spacial score (nSPS) is 19.1. The molecule has 0 bridgehead atoms. The Balaban J connectivity index is 1.74. The van der Waals surface area contributed by atoms with Gasteiger partial charge in [-0.1, -0.05) is 42.5 Å². The van der Waals surface area contributed by atoms with Crippen molar-refractivity contribution in [2.24, 2.45) is 0 Å². The molecule has 1 aliphatic rings. The van der Waals surface area contributed by atoms with E-state index in [9.17, 15) is 9.59 Å². The van der Waals surface area contributed by atoms with Crippen LogP contribution in [0, 0.1) is 0 Å². The summed E-state index contributed by atoms with van der Waals surface area (Å²) in [4.78, 5) is 24.1. The Labute approximate surface area is 158 Å². The zero-order valence-electron chi connectivity index (χ0n) is 14.3. The predicted molar refractivity (Wildman–Crippen MR) is 102 cm³/mol. The van der Waals surface area contributed by atoms with Crippen molar-refractivity contribution < 1.29 is 19.1 Å². The van der Waals surface area contributed by atoms with Gasteiger partial charge in [-0.2, -0.15) is 12.6 Å². The van der Waals surface area contributed by atoms with Gasteiger partial charge in [0.1, 0.15) is 5.75 Å². The molecular formula is C20H21NO4S. The molecule has 1 N–H and O–H groups in total. The fourth-order valence-corrected chi connectivity index (χ4v) is 3.08. The molecule has 1 fully saturated rings. The summed E-state index contributed by atoms with van der Waals surface area (Å²) in [5.74, 6) is -0.429. The lowest BCUT2D eigenvalue weighted by Gasteiger charge is -2.27. The van der Waals surface area contributed by atoms with Crippen LogP contribution >= 0.6 is 12.6 Å². The molecule has 3 rings (SSSR count). The number of carbonyl (C=O) groups excluding carboxylic acids is 2. The maximum absolute atomic E-state index is 12.5. The van der Waals surface area contributed by atoms with E-state index in [0.29, 0.717) is 24.5 Å². The largest absolute Gasteiger partial charge is 0.461 e. The van der Waals surface area contributed by atoms with Crippen molar-refractivity contribution in [3.8, 4) is 16.9 Å². The number of esters is 2. The van der Waals surface area contributed by atoms with Gasteiger partial charge in [0.15, 0.2) is 0 Å². The van der Waals surface area contributed by atoms with Crippen molar-refractivity contribution in [1.29, 1.82) is 0 Å². The van der Waals surface area contributed by atoms with Crippen LogP contribution in [0.25, 0.3) is 11.1 Å². The van der Waals surface area contributed by atoms with Gasteiger partial charge in [-0.3, -0.25) is 10.1 Å². The van der Waals surface area contributed by atoms with Gasteiger partial charge in [0.2, 0.25) is 0 Å². The second-order valence-electron chi connectivity index (χ2n) is 6.08. The molecule has 5 nitrogen and oxygen atoms in total. The van der Waals surface area contributed by atoms with E-state index < -0.39 is 17.7 Å². The molecule has 136 valence electrons. The minimum atomic E-state index is -1.32. The lowest BCUT2D eigenvalue weighted by atomic mass is 10.1. The van der Waals surface area contributed by atoms with E-state index in [1.807, 2.05) is 54.6 Å². The summed E-state index contributed by atoms with van der Waals surface area (Å²) in [6, 6.07) is 17.5. The molecule has 0 unspecified atom stereocenters. The van der Waals surface area contributed by atoms with Crippen LogP contribution in [-0.2, 0) is 14.3 Å². The molecule has 0 radical (unpaired) electrons. The highest BCUT2D eigenvalue weighted by atomic mass is 32.1. The SMILES string of the molecule is O=C(CCS)OC(=O)[C@]1(Oc2ccc(-c3ccccc3)cc2)CCCN1. The standard InChI is InChI=1S/C20H21NO4S/c22-18(11-14-26)24-19(23)20(12-4-13-21-20)25-17-9-7-16(8-10-17)15-5-2-1-3-6-15/h1-3,5-10,21,26H,4,11-14H2/t20-/m1/s1. The number of ether oxygens (including phenoxy) is 2. The van der Waals surface area contributed by atoms with Crippen molar-refractivity contribution in [1.82, 2.24) is 5.32 Å². The van der Waals surface area contributed by atoms with Crippen LogP contribution < -0.4 is 10.1 Å². The second kappa shape index (κ2) is 8.38. The van der Waals surface area contributed by atoms with Gasteiger partial charge in [0.25, 0.3) is 5.72 Å². The number of benzene rings is 2. The summed E-state index contributed by atoms with van der Waals surface area (Å²) in [5, 5.41) is 3.04. The number of hydrogen-bond donors (Lipinski definition) is 2. The quantitative estimate of drug-likeness (QED) is 0.464. The van der Waals surface area contributed by atoms with Crippen LogP contribution in [0.3, 0.4) is 0 Å². The van der Waals surface area contributed by atoms with Crippen LogP contribution in [0.1, 0.15) is 19.3 Å². The number of thiol groups is 1. The fraction of sp³-hybridized carbons (Fsp3) is 0.300. The Bertz CT molecular complexity index is 755. The van der Waals surface area contributed by atoms with Crippen LogP contribution in [0.2, 0.25) is 0 Å². The van der Waals surface area contributed by atoms with E-state index in [1.54, 1.807) is 0 Å². The van der Waals surface area contributed by atoms with Gasteiger partial charge in [-0.15, -0.1) is 0 Å².